The van der Waals surface area contributed by atoms with Gasteiger partial charge in [-0.3, -0.25) is 4.79 Å². The van der Waals surface area contributed by atoms with E-state index in [0.29, 0.717) is 0 Å². The minimum absolute atomic E-state index is 0.183. The number of methoxy groups -OCH3 is 1. The summed E-state index contributed by atoms with van der Waals surface area (Å²) in [5.74, 6) is -0.304. The molecule has 0 aliphatic heterocycles. The van der Waals surface area contributed by atoms with Crippen molar-refractivity contribution in [3.8, 4) is 0 Å². The van der Waals surface area contributed by atoms with Crippen LogP contribution in [0, 0.1) is 0 Å². The molecule has 78 valence electrons. The summed E-state index contributed by atoms with van der Waals surface area (Å²) in [7, 11) is 1.35. The van der Waals surface area contributed by atoms with Crippen LogP contribution in [0.15, 0.2) is 12.5 Å². The average Bonchev–Trinajstić information content (AvgIpc) is 2.65. The van der Waals surface area contributed by atoms with Crippen molar-refractivity contribution < 1.29 is 9.53 Å². The second-order valence-electron chi connectivity index (χ2n) is 2.99. The first-order chi connectivity index (χ1) is 6.69. The lowest BCUT2D eigenvalue weighted by molar-refractivity contribution is -0.141. The van der Waals surface area contributed by atoms with Gasteiger partial charge in [0.2, 0.25) is 0 Å². The van der Waals surface area contributed by atoms with Crippen molar-refractivity contribution in [2.45, 2.75) is 25.9 Å². The summed E-state index contributed by atoms with van der Waals surface area (Å²) in [5, 5.41) is 0. The summed E-state index contributed by atoms with van der Waals surface area (Å²) in [6.45, 7) is 2.79. The van der Waals surface area contributed by atoms with Gasteiger partial charge in [-0.05, 0) is 6.92 Å². The Labute approximate surface area is 82.9 Å². The van der Waals surface area contributed by atoms with Crippen LogP contribution in [-0.4, -0.2) is 22.6 Å². The number of aryl methyl sites for hydroxylation is 1. The maximum atomic E-state index is 11.0. The molecule has 0 spiro atoms. The van der Waals surface area contributed by atoms with Gasteiger partial charge in [-0.2, -0.15) is 0 Å². The second kappa shape index (κ2) is 4.76. The van der Waals surface area contributed by atoms with Crippen LogP contribution in [0.3, 0.4) is 0 Å². The summed E-state index contributed by atoms with van der Waals surface area (Å²) in [4.78, 5) is 15.0. The van der Waals surface area contributed by atoms with Gasteiger partial charge < -0.3 is 15.0 Å². The highest BCUT2D eigenvalue weighted by Crippen LogP contribution is 2.13. The number of esters is 1. The summed E-state index contributed by atoms with van der Waals surface area (Å²) >= 11 is 0. The molecule has 0 aliphatic carbocycles. The normalized spacial score (nSPS) is 12.5. The number of rotatable bonds is 4. The molecule has 0 aliphatic rings. The van der Waals surface area contributed by atoms with E-state index in [1.54, 1.807) is 12.5 Å². The van der Waals surface area contributed by atoms with Crippen LogP contribution in [0.1, 0.15) is 25.1 Å². The van der Waals surface area contributed by atoms with E-state index in [2.05, 4.69) is 9.72 Å². The van der Waals surface area contributed by atoms with Gasteiger partial charge in [0.05, 0.1) is 31.6 Å². The maximum Gasteiger partial charge on any atom is 0.307 e. The number of ether oxygens (including phenoxy) is 1. The van der Waals surface area contributed by atoms with Gasteiger partial charge in [0.25, 0.3) is 0 Å². The zero-order chi connectivity index (χ0) is 10.6. The lowest BCUT2D eigenvalue weighted by atomic mass is 10.1. The lowest BCUT2D eigenvalue weighted by Crippen LogP contribution is -2.19. The number of hydrogen-bond donors (Lipinski definition) is 1. The quantitative estimate of drug-likeness (QED) is 0.712. The molecule has 14 heavy (non-hydrogen) atoms. The van der Waals surface area contributed by atoms with E-state index in [9.17, 15) is 4.79 Å². The fourth-order valence-electron chi connectivity index (χ4n) is 1.27. The molecule has 5 nitrogen and oxygen atoms in total. The van der Waals surface area contributed by atoms with Gasteiger partial charge >= 0.3 is 5.97 Å². The standard InChI is InChI=1S/C9H15N3O2/c1-3-12-6-11-5-8(12)7(10)4-9(13)14-2/h5-7H,3-4,10H2,1-2H3/t7-/m1/s1. The van der Waals surface area contributed by atoms with Crippen molar-refractivity contribution in [3.05, 3.63) is 18.2 Å². The van der Waals surface area contributed by atoms with Crippen LogP contribution in [0.2, 0.25) is 0 Å². The minimum Gasteiger partial charge on any atom is -0.469 e. The van der Waals surface area contributed by atoms with E-state index in [4.69, 9.17) is 5.73 Å². The van der Waals surface area contributed by atoms with Crippen LogP contribution in [0.4, 0.5) is 0 Å². The Morgan fingerprint density at radius 1 is 1.79 bits per heavy atom. The minimum atomic E-state index is -0.343. The van der Waals surface area contributed by atoms with Crippen molar-refractivity contribution in [3.63, 3.8) is 0 Å². The summed E-state index contributed by atoms with van der Waals surface area (Å²) < 4.78 is 6.45. The Balaban J connectivity index is 2.68. The third kappa shape index (κ3) is 2.32. The first-order valence-corrected chi connectivity index (χ1v) is 4.51. The highest BCUT2D eigenvalue weighted by atomic mass is 16.5. The molecular formula is C9H15N3O2. The highest BCUT2D eigenvalue weighted by Gasteiger charge is 2.15. The topological polar surface area (TPSA) is 70.1 Å². The molecule has 0 radical (unpaired) electrons. The Morgan fingerprint density at radius 3 is 3.07 bits per heavy atom. The first-order valence-electron chi connectivity index (χ1n) is 4.51. The Bertz CT molecular complexity index is 309. The summed E-state index contributed by atoms with van der Waals surface area (Å²) in [5.41, 5.74) is 6.69. The van der Waals surface area contributed by atoms with Crippen LogP contribution < -0.4 is 5.73 Å². The number of imidazole rings is 1. The number of hydrogen-bond acceptors (Lipinski definition) is 4. The van der Waals surface area contributed by atoms with E-state index in [0.717, 1.165) is 12.2 Å². The van der Waals surface area contributed by atoms with Crippen molar-refractivity contribution in [1.29, 1.82) is 0 Å². The van der Waals surface area contributed by atoms with E-state index >= 15 is 0 Å². The van der Waals surface area contributed by atoms with Gasteiger partial charge in [0, 0.05) is 12.7 Å². The van der Waals surface area contributed by atoms with Crippen molar-refractivity contribution in [2.75, 3.05) is 7.11 Å². The molecule has 5 heteroatoms. The number of aromatic nitrogens is 2. The third-order valence-electron chi connectivity index (χ3n) is 2.08. The average molecular weight is 197 g/mol. The fraction of sp³-hybridized carbons (Fsp3) is 0.556. The number of carbonyl (C=O) groups excluding carboxylic acids is 1. The van der Waals surface area contributed by atoms with Gasteiger partial charge in [0.1, 0.15) is 0 Å². The van der Waals surface area contributed by atoms with Gasteiger partial charge in [-0.25, -0.2) is 4.98 Å². The smallest absolute Gasteiger partial charge is 0.307 e. The summed E-state index contributed by atoms with van der Waals surface area (Å²) in [6.07, 6.45) is 3.56. The molecule has 0 bridgehead atoms. The largest absolute Gasteiger partial charge is 0.469 e. The van der Waals surface area contributed by atoms with E-state index in [1.807, 2.05) is 11.5 Å². The SMILES string of the molecule is CCn1cncc1[C@H](N)CC(=O)OC. The Hall–Kier alpha value is -1.36. The van der Waals surface area contributed by atoms with Crippen LogP contribution in [0.25, 0.3) is 0 Å². The highest BCUT2D eigenvalue weighted by molar-refractivity contribution is 5.70. The van der Waals surface area contributed by atoms with Crippen molar-refractivity contribution >= 4 is 5.97 Å². The molecule has 1 rings (SSSR count). The Morgan fingerprint density at radius 2 is 2.50 bits per heavy atom. The van der Waals surface area contributed by atoms with E-state index in [-0.39, 0.29) is 18.4 Å². The second-order valence-corrected chi connectivity index (χ2v) is 2.99. The molecular weight excluding hydrogens is 182 g/mol. The molecule has 1 heterocycles. The van der Waals surface area contributed by atoms with Crippen LogP contribution in [-0.2, 0) is 16.1 Å². The Kier molecular flexibility index (Phi) is 3.64. The monoisotopic (exact) mass is 197 g/mol. The molecule has 0 saturated heterocycles. The summed E-state index contributed by atoms with van der Waals surface area (Å²) in [6, 6.07) is -0.343. The maximum absolute atomic E-state index is 11.0. The number of nitrogens with zero attached hydrogens (tertiary/aromatic N) is 2. The first kappa shape index (κ1) is 10.7. The molecule has 0 unspecified atom stereocenters. The van der Waals surface area contributed by atoms with Crippen molar-refractivity contribution in [2.24, 2.45) is 5.73 Å². The van der Waals surface area contributed by atoms with Gasteiger partial charge in [0.15, 0.2) is 0 Å². The molecule has 0 saturated carbocycles. The molecule has 1 atom stereocenters. The fourth-order valence-corrected chi connectivity index (χ4v) is 1.27. The lowest BCUT2D eigenvalue weighted by Gasteiger charge is -2.11. The predicted octanol–water partition coefficient (Wildman–Crippen LogP) is 0.466. The van der Waals surface area contributed by atoms with Crippen LogP contribution >= 0.6 is 0 Å². The number of nitrogens with two attached hydrogens (primary N) is 1. The molecule has 1 aromatic heterocycles. The zero-order valence-corrected chi connectivity index (χ0v) is 8.43. The molecule has 0 fully saturated rings. The van der Waals surface area contributed by atoms with Crippen molar-refractivity contribution in [1.82, 2.24) is 9.55 Å². The van der Waals surface area contributed by atoms with Gasteiger partial charge in [-0.15, -0.1) is 0 Å². The van der Waals surface area contributed by atoms with Gasteiger partial charge in [-0.1, -0.05) is 0 Å². The number of carbonyl (C=O) groups is 1. The zero-order valence-electron chi connectivity index (χ0n) is 8.43. The van der Waals surface area contributed by atoms with E-state index in [1.165, 1.54) is 7.11 Å². The molecule has 0 amide bonds. The third-order valence-corrected chi connectivity index (χ3v) is 2.08. The van der Waals surface area contributed by atoms with E-state index < -0.39 is 0 Å². The predicted molar refractivity (Wildman–Crippen MR) is 51.5 cm³/mol. The van der Waals surface area contributed by atoms with Crippen LogP contribution in [0.5, 0.6) is 0 Å². The molecule has 0 aromatic carbocycles. The molecule has 1 aromatic rings. The molecule has 2 N–H and O–H groups in total.